The number of thiophene rings is 1. The minimum absolute atomic E-state index is 0.132. The van der Waals surface area contributed by atoms with Gasteiger partial charge in [-0.05, 0) is 31.3 Å². The largest absolute Gasteiger partial charge is 0.341 e. The maximum Gasteiger partial charge on any atom is 0.341 e. The molecule has 1 saturated heterocycles. The van der Waals surface area contributed by atoms with Gasteiger partial charge in [0.25, 0.3) is 5.91 Å². The number of nitrogens with zero attached hydrogens (tertiary/aromatic N) is 1. The molecular formula is C12H16F2N2O3S2. The molecule has 1 fully saturated rings. The third-order valence-corrected chi connectivity index (χ3v) is 5.94. The molecule has 1 amide bonds. The number of likely N-dealkylation sites (N-methyl/N-ethyl adjacent to an activating group) is 1. The molecule has 1 atom stereocenters. The molecule has 9 heteroatoms. The van der Waals surface area contributed by atoms with Crippen LogP contribution in [0.25, 0.3) is 0 Å². The molecule has 0 radical (unpaired) electrons. The Kier molecular flexibility index (Phi) is 4.95. The Labute approximate surface area is 125 Å². The summed E-state index contributed by atoms with van der Waals surface area (Å²) in [5.41, 5.74) is 0. The quantitative estimate of drug-likeness (QED) is 0.905. The average Bonchev–Trinajstić information content (AvgIpc) is 2.96. The van der Waals surface area contributed by atoms with Crippen LogP contribution in [0, 0.1) is 0 Å². The predicted octanol–water partition coefficient (Wildman–Crippen LogP) is 1.57. The van der Waals surface area contributed by atoms with Gasteiger partial charge in [-0.3, -0.25) is 4.79 Å². The van der Waals surface area contributed by atoms with E-state index < -0.39 is 26.4 Å². The van der Waals surface area contributed by atoms with Crippen molar-refractivity contribution in [2.45, 2.75) is 29.5 Å². The van der Waals surface area contributed by atoms with Crippen LogP contribution in [0.1, 0.15) is 22.5 Å². The second kappa shape index (κ2) is 6.37. The zero-order chi connectivity index (χ0) is 15.6. The van der Waals surface area contributed by atoms with Crippen molar-refractivity contribution >= 4 is 27.1 Å². The first-order chi connectivity index (χ1) is 9.87. The van der Waals surface area contributed by atoms with Crippen LogP contribution in [-0.2, 0) is 9.84 Å². The van der Waals surface area contributed by atoms with E-state index in [0.29, 0.717) is 13.1 Å². The first kappa shape index (κ1) is 16.3. The highest BCUT2D eigenvalue weighted by atomic mass is 32.2. The Morgan fingerprint density at radius 1 is 1.52 bits per heavy atom. The van der Waals surface area contributed by atoms with Gasteiger partial charge >= 0.3 is 5.76 Å². The number of rotatable bonds is 4. The van der Waals surface area contributed by atoms with Gasteiger partial charge in [0.1, 0.15) is 4.88 Å². The van der Waals surface area contributed by atoms with Crippen molar-refractivity contribution in [2.24, 2.45) is 0 Å². The Morgan fingerprint density at radius 2 is 2.24 bits per heavy atom. The van der Waals surface area contributed by atoms with E-state index in [9.17, 15) is 22.0 Å². The number of piperidine rings is 1. The van der Waals surface area contributed by atoms with Crippen LogP contribution in [-0.4, -0.2) is 51.2 Å². The lowest BCUT2D eigenvalue weighted by molar-refractivity contribution is 0.0699. The maximum absolute atomic E-state index is 12.7. The van der Waals surface area contributed by atoms with E-state index in [1.54, 1.807) is 7.05 Å². The molecule has 1 unspecified atom stereocenters. The number of alkyl halides is 2. The molecule has 1 aliphatic rings. The van der Waals surface area contributed by atoms with Gasteiger partial charge in [-0.25, -0.2) is 8.42 Å². The normalized spacial score (nSPS) is 20.0. The summed E-state index contributed by atoms with van der Waals surface area (Å²) >= 11 is 0.880. The van der Waals surface area contributed by atoms with Crippen LogP contribution in [0.2, 0.25) is 0 Å². The fourth-order valence-corrected chi connectivity index (χ4v) is 4.44. The SMILES string of the molecule is CNC1CCCN(C(=O)c2sccc2S(=O)(=O)C(F)F)C1. The summed E-state index contributed by atoms with van der Waals surface area (Å²) in [6, 6.07) is 1.21. The van der Waals surface area contributed by atoms with E-state index in [-0.39, 0.29) is 10.9 Å². The fourth-order valence-electron chi connectivity index (χ4n) is 2.31. The average molecular weight is 338 g/mol. The van der Waals surface area contributed by atoms with Crippen LogP contribution in [0.5, 0.6) is 0 Å². The fraction of sp³-hybridized carbons (Fsp3) is 0.583. The second-order valence-electron chi connectivity index (χ2n) is 4.80. The van der Waals surface area contributed by atoms with Gasteiger partial charge in [-0.2, -0.15) is 8.78 Å². The number of nitrogens with one attached hydrogen (secondary N) is 1. The summed E-state index contributed by atoms with van der Waals surface area (Å²) in [5, 5.41) is 4.42. The highest BCUT2D eigenvalue weighted by molar-refractivity contribution is 7.92. The number of likely N-dealkylation sites (tertiary alicyclic amines) is 1. The summed E-state index contributed by atoms with van der Waals surface area (Å²) in [7, 11) is -2.96. The van der Waals surface area contributed by atoms with E-state index in [0.717, 1.165) is 30.2 Å². The van der Waals surface area contributed by atoms with E-state index in [4.69, 9.17) is 0 Å². The van der Waals surface area contributed by atoms with Crippen molar-refractivity contribution < 1.29 is 22.0 Å². The molecule has 5 nitrogen and oxygen atoms in total. The monoisotopic (exact) mass is 338 g/mol. The molecule has 0 saturated carbocycles. The minimum atomic E-state index is -4.75. The van der Waals surface area contributed by atoms with Gasteiger partial charge in [0.05, 0.1) is 4.90 Å². The summed E-state index contributed by atoms with van der Waals surface area (Å²) in [4.78, 5) is 13.2. The summed E-state index contributed by atoms with van der Waals surface area (Å²) in [5.74, 6) is -4.02. The summed E-state index contributed by atoms with van der Waals surface area (Å²) < 4.78 is 48.5. The number of amides is 1. The zero-order valence-electron chi connectivity index (χ0n) is 11.4. The number of carbonyl (C=O) groups excluding carboxylic acids is 1. The molecule has 2 rings (SSSR count). The molecule has 0 bridgehead atoms. The highest BCUT2D eigenvalue weighted by Crippen LogP contribution is 2.28. The molecule has 1 aliphatic heterocycles. The molecule has 2 heterocycles. The van der Waals surface area contributed by atoms with Crippen molar-refractivity contribution in [3.63, 3.8) is 0 Å². The molecule has 1 N–H and O–H groups in total. The minimum Gasteiger partial charge on any atom is -0.336 e. The van der Waals surface area contributed by atoms with Crippen LogP contribution < -0.4 is 5.32 Å². The molecule has 118 valence electrons. The second-order valence-corrected chi connectivity index (χ2v) is 7.60. The van der Waals surface area contributed by atoms with E-state index in [1.807, 2.05) is 0 Å². The van der Waals surface area contributed by atoms with Gasteiger partial charge in [0.2, 0.25) is 9.84 Å². The first-order valence-corrected chi connectivity index (χ1v) is 8.86. The summed E-state index contributed by atoms with van der Waals surface area (Å²) in [6.45, 7) is 0.949. The first-order valence-electron chi connectivity index (χ1n) is 6.44. The molecule has 21 heavy (non-hydrogen) atoms. The molecule has 0 spiro atoms. The van der Waals surface area contributed by atoms with Crippen molar-refractivity contribution in [2.75, 3.05) is 20.1 Å². The van der Waals surface area contributed by atoms with Crippen LogP contribution in [0.3, 0.4) is 0 Å². The van der Waals surface area contributed by atoms with E-state index in [2.05, 4.69) is 5.32 Å². The van der Waals surface area contributed by atoms with Gasteiger partial charge < -0.3 is 10.2 Å². The number of sulfone groups is 1. The Balaban J connectivity index is 2.27. The lowest BCUT2D eigenvalue weighted by Crippen LogP contribution is -2.47. The Bertz CT molecular complexity index is 616. The predicted molar refractivity (Wildman–Crippen MR) is 75.5 cm³/mol. The van der Waals surface area contributed by atoms with Crippen molar-refractivity contribution in [1.82, 2.24) is 10.2 Å². The third kappa shape index (κ3) is 3.24. The number of carbonyl (C=O) groups is 1. The van der Waals surface area contributed by atoms with Crippen LogP contribution in [0.15, 0.2) is 16.3 Å². The lowest BCUT2D eigenvalue weighted by atomic mass is 10.1. The van der Waals surface area contributed by atoms with Gasteiger partial charge in [0.15, 0.2) is 0 Å². The van der Waals surface area contributed by atoms with Crippen molar-refractivity contribution in [3.8, 4) is 0 Å². The lowest BCUT2D eigenvalue weighted by Gasteiger charge is -2.32. The van der Waals surface area contributed by atoms with Crippen molar-refractivity contribution in [3.05, 3.63) is 16.3 Å². The third-order valence-electron chi connectivity index (χ3n) is 3.48. The Morgan fingerprint density at radius 3 is 2.86 bits per heavy atom. The Hall–Kier alpha value is -1.06. The topological polar surface area (TPSA) is 66.5 Å². The van der Waals surface area contributed by atoms with Crippen LogP contribution >= 0.6 is 11.3 Å². The number of hydrogen-bond donors (Lipinski definition) is 1. The van der Waals surface area contributed by atoms with Gasteiger partial charge in [0, 0.05) is 19.1 Å². The number of halogens is 2. The van der Waals surface area contributed by atoms with Crippen LogP contribution in [0.4, 0.5) is 8.78 Å². The zero-order valence-corrected chi connectivity index (χ0v) is 13.0. The highest BCUT2D eigenvalue weighted by Gasteiger charge is 2.34. The molecule has 1 aromatic heterocycles. The summed E-state index contributed by atoms with van der Waals surface area (Å²) in [6.07, 6.45) is 1.71. The standard InChI is InChI=1S/C12H16F2N2O3S2/c1-15-8-3-2-5-16(7-8)11(17)10-9(4-6-20-10)21(18,19)12(13)14/h4,6,8,12,15H,2-3,5,7H2,1H3. The van der Waals surface area contributed by atoms with Gasteiger partial charge in [-0.15, -0.1) is 11.3 Å². The van der Waals surface area contributed by atoms with Crippen molar-refractivity contribution in [1.29, 1.82) is 0 Å². The smallest absolute Gasteiger partial charge is 0.336 e. The van der Waals surface area contributed by atoms with Gasteiger partial charge in [-0.1, -0.05) is 0 Å². The molecule has 0 aromatic carbocycles. The van der Waals surface area contributed by atoms with E-state index >= 15 is 0 Å². The maximum atomic E-state index is 12.7. The molecule has 0 aliphatic carbocycles. The molecular weight excluding hydrogens is 322 g/mol. The number of hydrogen-bond acceptors (Lipinski definition) is 5. The van der Waals surface area contributed by atoms with E-state index in [1.165, 1.54) is 10.3 Å². The molecule has 1 aromatic rings.